The van der Waals surface area contributed by atoms with E-state index < -0.39 is 0 Å². The van der Waals surface area contributed by atoms with Crippen LogP contribution < -0.4 is 0 Å². The second-order valence-electron chi connectivity index (χ2n) is 8.31. The van der Waals surface area contributed by atoms with E-state index in [0.29, 0.717) is 5.25 Å². The normalized spacial score (nSPS) is 13.2. The van der Waals surface area contributed by atoms with E-state index in [1.807, 2.05) is 11.8 Å². The standard InChI is InChI=1S/C30H27NS/c1-22-17-18-28-26(19-22)27(20-31-28)29(24-13-7-3-8-14-24)30(25-15-9-4-10-16-25)32-21-23-11-5-2-6-12-23/h2-20,29-31H,21H2,1H3/t29-,30+/m1/s1. The number of aromatic amines is 1. The SMILES string of the molecule is Cc1ccc2[nH]cc([C@@H](c3ccccc3)[C@@H](SCc3ccccc3)c3ccccc3)c2c1. The van der Waals surface area contributed by atoms with Crippen molar-refractivity contribution in [1.82, 2.24) is 4.98 Å². The van der Waals surface area contributed by atoms with Gasteiger partial charge >= 0.3 is 0 Å². The van der Waals surface area contributed by atoms with Gasteiger partial charge in [0, 0.05) is 34.0 Å². The molecule has 2 atom stereocenters. The third kappa shape index (κ3) is 4.37. The molecule has 5 rings (SSSR count). The predicted octanol–water partition coefficient (Wildman–Crippen LogP) is 8.28. The van der Waals surface area contributed by atoms with Crippen molar-refractivity contribution in [2.75, 3.05) is 0 Å². The minimum Gasteiger partial charge on any atom is -0.361 e. The zero-order valence-electron chi connectivity index (χ0n) is 18.2. The summed E-state index contributed by atoms with van der Waals surface area (Å²) >= 11 is 2.03. The third-order valence-corrected chi connectivity index (χ3v) is 7.47. The number of fused-ring (bicyclic) bond motifs is 1. The van der Waals surface area contributed by atoms with Crippen LogP contribution in [0.2, 0.25) is 0 Å². The van der Waals surface area contributed by atoms with Gasteiger partial charge < -0.3 is 4.98 Å². The van der Waals surface area contributed by atoms with Gasteiger partial charge in [0.15, 0.2) is 0 Å². The number of rotatable bonds is 7. The largest absolute Gasteiger partial charge is 0.361 e. The number of thioether (sulfide) groups is 1. The van der Waals surface area contributed by atoms with E-state index in [1.165, 1.54) is 38.7 Å². The molecule has 5 aromatic rings. The third-order valence-electron chi connectivity index (χ3n) is 6.07. The van der Waals surface area contributed by atoms with Crippen LogP contribution in [-0.4, -0.2) is 4.98 Å². The van der Waals surface area contributed by atoms with Crippen molar-refractivity contribution < 1.29 is 0 Å². The summed E-state index contributed by atoms with van der Waals surface area (Å²) in [5, 5.41) is 1.61. The number of nitrogens with one attached hydrogen (secondary N) is 1. The van der Waals surface area contributed by atoms with Gasteiger partial charge in [-0.3, -0.25) is 0 Å². The topological polar surface area (TPSA) is 15.8 Å². The number of benzene rings is 4. The van der Waals surface area contributed by atoms with Gasteiger partial charge in [0.05, 0.1) is 0 Å². The van der Waals surface area contributed by atoms with Crippen LogP contribution in [0.1, 0.15) is 39.0 Å². The summed E-state index contributed by atoms with van der Waals surface area (Å²) in [6, 6.07) is 39.4. The van der Waals surface area contributed by atoms with E-state index >= 15 is 0 Å². The molecule has 0 unspecified atom stereocenters. The van der Waals surface area contributed by atoms with Crippen LogP contribution in [0.15, 0.2) is 115 Å². The van der Waals surface area contributed by atoms with Crippen molar-refractivity contribution in [1.29, 1.82) is 0 Å². The highest BCUT2D eigenvalue weighted by Gasteiger charge is 2.29. The molecule has 0 saturated carbocycles. The molecule has 0 aliphatic heterocycles. The molecule has 4 aromatic carbocycles. The lowest BCUT2D eigenvalue weighted by molar-refractivity contribution is 0.790. The first-order chi connectivity index (χ1) is 15.8. The molecule has 1 aromatic heterocycles. The lowest BCUT2D eigenvalue weighted by Gasteiger charge is -2.28. The van der Waals surface area contributed by atoms with Gasteiger partial charge in [0.25, 0.3) is 0 Å². The molecule has 0 saturated heterocycles. The summed E-state index contributed by atoms with van der Waals surface area (Å²) in [6.45, 7) is 2.17. The lowest BCUT2D eigenvalue weighted by Crippen LogP contribution is -2.11. The minimum absolute atomic E-state index is 0.239. The summed E-state index contributed by atoms with van der Waals surface area (Å²) in [5.41, 5.74) is 7.93. The van der Waals surface area contributed by atoms with Gasteiger partial charge in [-0.15, -0.1) is 11.8 Å². The average Bonchev–Trinajstić information content (AvgIpc) is 3.26. The Hall–Kier alpha value is -3.23. The van der Waals surface area contributed by atoms with Gasteiger partial charge in [0.1, 0.15) is 0 Å². The molecule has 158 valence electrons. The van der Waals surface area contributed by atoms with Crippen LogP contribution in [0, 0.1) is 6.92 Å². The van der Waals surface area contributed by atoms with E-state index in [0.717, 1.165) is 5.75 Å². The fourth-order valence-corrected chi connectivity index (χ4v) is 5.89. The molecule has 1 heterocycles. The second kappa shape index (κ2) is 9.50. The van der Waals surface area contributed by atoms with Crippen LogP contribution in [0.4, 0.5) is 0 Å². The fraction of sp³-hybridized carbons (Fsp3) is 0.133. The number of aryl methyl sites for hydroxylation is 1. The van der Waals surface area contributed by atoms with Crippen molar-refractivity contribution in [3.8, 4) is 0 Å². The van der Waals surface area contributed by atoms with Crippen molar-refractivity contribution in [2.24, 2.45) is 0 Å². The Labute approximate surface area is 194 Å². The molecular weight excluding hydrogens is 406 g/mol. The van der Waals surface area contributed by atoms with Crippen molar-refractivity contribution in [3.63, 3.8) is 0 Å². The van der Waals surface area contributed by atoms with Gasteiger partial charge in [-0.05, 0) is 41.3 Å². The van der Waals surface area contributed by atoms with Gasteiger partial charge in [-0.2, -0.15) is 0 Å². The highest BCUT2D eigenvalue weighted by molar-refractivity contribution is 7.98. The maximum absolute atomic E-state index is 3.54. The van der Waals surface area contributed by atoms with Gasteiger partial charge in [0.2, 0.25) is 0 Å². The molecule has 0 amide bonds. The second-order valence-corrected chi connectivity index (χ2v) is 9.44. The van der Waals surface area contributed by atoms with Gasteiger partial charge in [-0.1, -0.05) is 103 Å². The number of H-pyrrole nitrogens is 1. The minimum atomic E-state index is 0.239. The molecule has 0 aliphatic carbocycles. The highest BCUT2D eigenvalue weighted by atomic mass is 32.2. The summed E-state index contributed by atoms with van der Waals surface area (Å²) in [6.07, 6.45) is 2.22. The highest BCUT2D eigenvalue weighted by Crippen LogP contribution is 2.48. The zero-order valence-corrected chi connectivity index (χ0v) is 19.1. The molecule has 0 spiro atoms. The molecule has 0 radical (unpaired) electrons. The van der Waals surface area contributed by atoms with E-state index in [1.54, 1.807) is 0 Å². The average molecular weight is 434 g/mol. The fourth-order valence-electron chi connectivity index (χ4n) is 4.48. The monoisotopic (exact) mass is 433 g/mol. The van der Waals surface area contributed by atoms with Crippen molar-refractivity contribution >= 4 is 22.7 Å². The summed E-state index contributed by atoms with van der Waals surface area (Å²) in [7, 11) is 0. The quantitative estimate of drug-likeness (QED) is 0.273. The van der Waals surface area contributed by atoms with Crippen LogP contribution in [-0.2, 0) is 5.75 Å². The molecule has 0 bridgehead atoms. The molecule has 0 aliphatic rings. The zero-order chi connectivity index (χ0) is 21.8. The van der Waals surface area contributed by atoms with Crippen LogP contribution in [0.5, 0.6) is 0 Å². The molecule has 1 N–H and O–H groups in total. The van der Waals surface area contributed by atoms with Gasteiger partial charge in [-0.25, -0.2) is 0 Å². The number of hydrogen-bond donors (Lipinski definition) is 1. The molecule has 32 heavy (non-hydrogen) atoms. The van der Waals surface area contributed by atoms with E-state index in [-0.39, 0.29) is 5.92 Å². The van der Waals surface area contributed by atoms with Crippen LogP contribution in [0.25, 0.3) is 10.9 Å². The molecule has 1 nitrogen and oxygen atoms in total. The Balaban J connectivity index is 1.64. The number of hydrogen-bond acceptors (Lipinski definition) is 1. The Kier molecular flexibility index (Phi) is 6.13. The van der Waals surface area contributed by atoms with Crippen molar-refractivity contribution in [3.05, 3.63) is 143 Å². The smallest absolute Gasteiger partial charge is 0.0457 e. The Morgan fingerprint density at radius 2 is 1.34 bits per heavy atom. The first-order valence-electron chi connectivity index (χ1n) is 11.1. The van der Waals surface area contributed by atoms with Crippen molar-refractivity contribution in [2.45, 2.75) is 23.8 Å². The Morgan fingerprint density at radius 3 is 2.03 bits per heavy atom. The van der Waals surface area contributed by atoms with E-state index in [4.69, 9.17) is 0 Å². The maximum atomic E-state index is 3.54. The first-order valence-corrected chi connectivity index (χ1v) is 12.2. The Bertz CT molecular complexity index is 1280. The summed E-state index contributed by atoms with van der Waals surface area (Å²) in [5.74, 6) is 1.22. The maximum Gasteiger partial charge on any atom is 0.0457 e. The molecular formula is C30H27NS. The predicted molar refractivity (Wildman–Crippen MR) is 138 cm³/mol. The molecule has 0 fully saturated rings. The van der Waals surface area contributed by atoms with E-state index in [9.17, 15) is 0 Å². The lowest BCUT2D eigenvalue weighted by atomic mass is 9.85. The van der Waals surface area contributed by atoms with Crippen LogP contribution in [0.3, 0.4) is 0 Å². The summed E-state index contributed by atoms with van der Waals surface area (Å²) in [4.78, 5) is 3.54. The summed E-state index contributed by atoms with van der Waals surface area (Å²) < 4.78 is 0. The number of aromatic nitrogens is 1. The molecule has 2 heteroatoms. The van der Waals surface area contributed by atoms with E-state index in [2.05, 4.69) is 127 Å². The Morgan fingerprint density at radius 1 is 0.719 bits per heavy atom. The van der Waals surface area contributed by atoms with Crippen LogP contribution >= 0.6 is 11.8 Å². The first kappa shape index (κ1) is 20.7.